The predicted molar refractivity (Wildman–Crippen MR) is 40.2 cm³/mol. The van der Waals surface area contributed by atoms with Crippen molar-refractivity contribution in [3.63, 3.8) is 0 Å². The zero-order valence-electron chi connectivity index (χ0n) is 6.44. The Morgan fingerprint density at radius 2 is 2.38 bits per heavy atom. The van der Waals surface area contributed by atoms with Crippen LogP contribution in [0.1, 0.15) is 11.8 Å². The van der Waals surface area contributed by atoms with Crippen molar-refractivity contribution in [1.82, 2.24) is 15.5 Å². The largest absolute Gasteiger partial charge is 0.465 e. The molecule has 0 saturated heterocycles. The molecule has 0 aliphatic carbocycles. The number of amides is 1. The first-order valence-electron chi connectivity index (χ1n) is 3.23. The molecule has 0 atom stereocenters. The van der Waals surface area contributed by atoms with Crippen LogP contribution in [0.15, 0.2) is 4.42 Å². The number of hydrogen-bond acceptors (Lipinski definition) is 5. The van der Waals surface area contributed by atoms with Gasteiger partial charge in [0, 0.05) is 0 Å². The van der Waals surface area contributed by atoms with E-state index in [0.717, 1.165) is 0 Å². The summed E-state index contributed by atoms with van der Waals surface area (Å²) in [5.74, 6) is -0.413. The van der Waals surface area contributed by atoms with Gasteiger partial charge in [0.1, 0.15) is 0 Å². The molecule has 70 valence electrons. The Kier molecular flexibility index (Phi) is 2.43. The minimum Gasteiger partial charge on any atom is -0.465 e. The quantitative estimate of drug-likeness (QED) is 0.356. The summed E-state index contributed by atoms with van der Waals surface area (Å²) in [6, 6.07) is 0. The minimum absolute atomic E-state index is 0.0626. The lowest BCUT2D eigenvalue weighted by molar-refractivity contribution is 0.192. The smallest absolute Gasteiger partial charge is 0.405 e. The normalized spacial score (nSPS) is 9.54. The van der Waals surface area contributed by atoms with E-state index in [9.17, 15) is 4.79 Å². The molecular formula is C5H7N5O3. The van der Waals surface area contributed by atoms with Crippen LogP contribution in [-0.4, -0.2) is 27.2 Å². The van der Waals surface area contributed by atoms with Crippen molar-refractivity contribution >= 4 is 11.9 Å². The first-order valence-corrected chi connectivity index (χ1v) is 3.23. The van der Waals surface area contributed by atoms with Crippen LogP contribution in [0.25, 0.3) is 0 Å². The van der Waals surface area contributed by atoms with Gasteiger partial charge in [0.2, 0.25) is 5.89 Å². The van der Waals surface area contributed by atoms with Crippen molar-refractivity contribution in [2.45, 2.75) is 6.54 Å². The third-order valence-corrected chi connectivity index (χ3v) is 1.09. The number of amidine groups is 1. The Balaban J connectivity index is 2.59. The summed E-state index contributed by atoms with van der Waals surface area (Å²) >= 11 is 0. The summed E-state index contributed by atoms with van der Waals surface area (Å²) in [7, 11) is 0. The van der Waals surface area contributed by atoms with Gasteiger partial charge in [-0.05, 0) is 0 Å². The fraction of sp³-hybridized carbons (Fsp3) is 0.200. The number of carbonyl (C=O) groups is 1. The SMILES string of the molecule is N=C(N)c1nnc(CNC(=O)O)o1. The van der Waals surface area contributed by atoms with Crippen LogP contribution in [0.5, 0.6) is 0 Å². The first-order chi connectivity index (χ1) is 6.09. The van der Waals surface area contributed by atoms with E-state index in [-0.39, 0.29) is 24.2 Å². The highest BCUT2D eigenvalue weighted by Crippen LogP contribution is 1.97. The lowest BCUT2D eigenvalue weighted by atomic mass is 10.6. The Morgan fingerprint density at radius 3 is 2.85 bits per heavy atom. The molecule has 0 aliphatic heterocycles. The molecule has 8 heteroatoms. The molecule has 0 saturated carbocycles. The van der Waals surface area contributed by atoms with Gasteiger partial charge in [-0.15, -0.1) is 10.2 Å². The third kappa shape index (κ3) is 2.43. The van der Waals surface area contributed by atoms with E-state index >= 15 is 0 Å². The van der Waals surface area contributed by atoms with Crippen molar-refractivity contribution in [1.29, 1.82) is 5.41 Å². The van der Waals surface area contributed by atoms with Gasteiger partial charge in [-0.2, -0.15) is 0 Å². The molecule has 1 rings (SSSR count). The molecule has 1 heterocycles. The molecule has 0 aromatic carbocycles. The average Bonchev–Trinajstić information content (AvgIpc) is 2.48. The third-order valence-electron chi connectivity index (χ3n) is 1.09. The lowest BCUT2D eigenvalue weighted by Gasteiger charge is -1.92. The summed E-state index contributed by atoms with van der Waals surface area (Å²) in [5, 5.41) is 24.0. The zero-order chi connectivity index (χ0) is 9.84. The second-order valence-corrected chi connectivity index (χ2v) is 2.07. The highest BCUT2D eigenvalue weighted by Gasteiger charge is 2.08. The molecule has 0 aliphatic rings. The molecule has 0 unspecified atom stereocenters. The fourth-order valence-electron chi connectivity index (χ4n) is 0.585. The Morgan fingerprint density at radius 1 is 1.69 bits per heavy atom. The predicted octanol–water partition coefficient (Wildman–Crippen LogP) is -0.879. The standard InChI is InChI=1S/C5H7N5O3/c6-3(7)4-10-9-2(13-4)1-8-5(11)12/h8H,1H2,(H3,6,7)(H,11,12). The highest BCUT2D eigenvalue weighted by atomic mass is 16.4. The van der Waals surface area contributed by atoms with Gasteiger partial charge in [-0.25, -0.2) is 4.79 Å². The van der Waals surface area contributed by atoms with Crippen molar-refractivity contribution < 1.29 is 14.3 Å². The van der Waals surface area contributed by atoms with Crippen LogP contribution in [0.2, 0.25) is 0 Å². The molecular weight excluding hydrogens is 178 g/mol. The van der Waals surface area contributed by atoms with Gasteiger partial charge >= 0.3 is 6.09 Å². The number of nitrogens with two attached hydrogens (primary N) is 1. The summed E-state index contributed by atoms with van der Waals surface area (Å²) in [5.41, 5.74) is 5.03. The van der Waals surface area contributed by atoms with E-state index < -0.39 is 6.09 Å². The molecule has 5 N–H and O–H groups in total. The summed E-state index contributed by atoms with van der Waals surface area (Å²) < 4.78 is 4.80. The van der Waals surface area contributed by atoms with Crippen LogP contribution >= 0.6 is 0 Å². The van der Waals surface area contributed by atoms with E-state index in [1.54, 1.807) is 0 Å². The van der Waals surface area contributed by atoms with Crippen LogP contribution in [0.3, 0.4) is 0 Å². The maximum absolute atomic E-state index is 10.0. The summed E-state index contributed by atoms with van der Waals surface area (Å²) in [6.07, 6.45) is -1.19. The van der Waals surface area contributed by atoms with Crippen LogP contribution in [0.4, 0.5) is 4.79 Å². The van der Waals surface area contributed by atoms with Gasteiger partial charge in [-0.1, -0.05) is 0 Å². The fourth-order valence-corrected chi connectivity index (χ4v) is 0.585. The second-order valence-electron chi connectivity index (χ2n) is 2.07. The van der Waals surface area contributed by atoms with Crippen LogP contribution < -0.4 is 11.1 Å². The molecule has 0 spiro atoms. The topological polar surface area (TPSA) is 138 Å². The number of hydrogen-bond donors (Lipinski definition) is 4. The maximum atomic E-state index is 10.0. The van der Waals surface area contributed by atoms with Crippen LogP contribution in [0, 0.1) is 5.41 Å². The lowest BCUT2D eigenvalue weighted by Crippen LogP contribution is -2.20. The molecule has 0 fully saturated rings. The van der Waals surface area contributed by atoms with Gasteiger partial charge in [-0.3, -0.25) is 5.41 Å². The van der Waals surface area contributed by atoms with Gasteiger partial charge in [0.25, 0.3) is 5.89 Å². The number of nitrogen functional groups attached to an aromatic ring is 1. The monoisotopic (exact) mass is 185 g/mol. The molecule has 0 bridgehead atoms. The maximum Gasteiger partial charge on any atom is 0.405 e. The molecule has 13 heavy (non-hydrogen) atoms. The number of aromatic nitrogens is 2. The number of carboxylic acid groups (broad SMARTS) is 1. The van der Waals surface area contributed by atoms with E-state index in [0.29, 0.717) is 0 Å². The van der Waals surface area contributed by atoms with Crippen LogP contribution in [-0.2, 0) is 6.54 Å². The van der Waals surface area contributed by atoms with E-state index in [1.807, 2.05) is 5.32 Å². The van der Waals surface area contributed by atoms with Crippen molar-refractivity contribution in [2.24, 2.45) is 5.73 Å². The van der Waals surface area contributed by atoms with E-state index in [2.05, 4.69) is 10.2 Å². The Hall–Kier alpha value is -2.12. The van der Waals surface area contributed by atoms with Gasteiger partial charge < -0.3 is 20.6 Å². The highest BCUT2D eigenvalue weighted by molar-refractivity contribution is 5.90. The minimum atomic E-state index is -1.19. The van der Waals surface area contributed by atoms with Crippen molar-refractivity contribution in [2.75, 3.05) is 0 Å². The molecule has 1 aromatic heterocycles. The first kappa shape index (κ1) is 8.97. The molecule has 8 nitrogen and oxygen atoms in total. The Bertz CT molecular complexity index is 333. The summed E-state index contributed by atoms with van der Waals surface area (Å²) in [6.45, 7) is -0.102. The Labute approximate surface area is 72.3 Å². The zero-order valence-corrected chi connectivity index (χ0v) is 6.44. The number of nitrogens with one attached hydrogen (secondary N) is 2. The second kappa shape index (κ2) is 3.52. The van der Waals surface area contributed by atoms with Gasteiger partial charge in [0.15, 0.2) is 5.84 Å². The average molecular weight is 185 g/mol. The van der Waals surface area contributed by atoms with Crippen molar-refractivity contribution in [3.8, 4) is 0 Å². The van der Waals surface area contributed by atoms with E-state index in [4.69, 9.17) is 20.7 Å². The number of nitrogens with zero attached hydrogens (tertiary/aromatic N) is 2. The molecule has 1 aromatic rings. The molecule has 0 radical (unpaired) electrons. The van der Waals surface area contributed by atoms with E-state index in [1.165, 1.54) is 0 Å². The van der Waals surface area contributed by atoms with Crippen molar-refractivity contribution in [3.05, 3.63) is 11.8 Å². The van der Waals surface area contributed by atoms with Gasteiger partial charge in [0.05, 0.1) is 6.54 Å². The number of rotatable bonds is 3. The summed E-state index contributed by atoms with van der Waals surface area (Å²) in [4.78, 5) is 10.0. The molecule has 1 amide bonds.